The number of benzene rings is 4. The summed E-state index contributed by atoms with van der Waals surface area (Å²) in [6.07, 6.45) is 5.51. The first-order chi connectivity index (χ1) is 20.0. The van der Waals surface area contributed by atoms with Gasteiger partial charge in [-0.25, -0.2) is 9.80 Å². The van der Waals surface area contributed by atoms with Crippen molar-refractivity contribution in [1.82, 2.24) is 0 Å². The second kappa shape index (κ2) is 10.8. The summed E-state index contributed by atoms with van der Waals surface area (Å²) in [6, 6.07) is 28.9. The molecule has 0 saturated heterocycles. The second-order valence-corrected chi connectivity index (χ2v) is 9.27. The van der Waals surface area contributed by atoms with E-state index in [-0.39, 0.29) is 23.6 Å². The lowest BCUT2D eigenvalue weighted by atomic mass is 10.0. The van der Waals surface area contributed by atoms with Crippen molar-refractivity contribution in [3.05, 3.63) is 132 Å². The van der Waals surface area contributed by atoms with E-state index in [1.165, 1.54) is 24.3 Å². The maximum Gasteiger partial charge on any atom is 0.258 e. The number of carbonyl (C=O) groups excluding carboxylic acids is 4. The average molecular weight is 543 g/mol. The van der Waals surface area contributed by atoms with Gasteiger partial charge in [-0.3, -0.25) is 19.2 Å². The number of amides is 4. The Bertz CT molecular complexity index is 1570. The van der Waals surface area contributed by atoms with E-state index >= 15 is 0 Å². The van der Waals surface area contributed by atoms with Crippen LogP contribution in [0.4, 0.5) is 11.4 Å². The van der Waals surface area contributed by atoms with E-state index in [2.05, 4.69) is 0 Å². The van der Waals surface area contributed by atoms with Crippen LogP contribution in [-0.4, -0.2) is 23.6 Å². The Morgan fingerprint density at radius 3 is 1.15 bits per heavy atom. The highest BCUT2D eigenvalue weighted by Gasteiger charge is 2.26. The smallest absolute Gasteiger partial charge is 0.258 e. The number of rotatable bonds is 8. The minimum absolute atomic E-state index is 0.375. The van der Waals surface area contributed by atoms with Crippen LogP contribution in [-0.2, 0) is 25.6 Å². The summed E-state index contributed by atoms with van der Waals surface area (Å²) < 4.78 is 12.4. The van der Waals surface area contributed by atoms with E-state index in [0.29, 0.717) is 40.8 Å². The zero-order chi connectivity index (χ0) is 28.3. The van der Waals surface area contributed by atoms with Gasteiger partial charge >= 0.3 is 0 Å². The van der Waals surface area contributed by atoms with Crippen LogP contribution < -0.4 is 19.3 Å². The van der Waals surface area contributed by atoms with E-state index in [9.17, 15) is 19.2 Å². The van der Waals surface area contributed by atoms with Crippen LogP contribution in [0.25, 0.3) is 0 Å². The third-order valence-corrected chi connectivity index (χ3v) is 6.59. The van der Waals surface area contributed by atoms with Gasteiger partial charge in [-0.15, -0.1) is 0 Å². The quantitative estimate of drug-likeness (QED) is 0.265. The van der Waals surface area contributed by atoms with Crippen molar-refractivity contribution in [3.63, 3.8) is 0 Å². The topological polar surface area (TPSA) is 93.2 Å². The lowest BCUT2D eigenvalue weighted by molar-refractivity contribution is -0.121. The highest BCUT2D eigenvalue weighted by Crippen LogP contribution is 2.33. The van der Waals surface area contributed by atoms with Crippen LogP contribution >= 0.6 is 0 Å². The van der Waals surface area contributed by atoms with Crippen molar-refractivity contribution in [1.29, 1.82) is 0 Å². The molecule has 0 N–H and O–H groups in total. The Labute approximate surface area is 235 Å². The molecule has 0 unspecified atom stereocenters. The van der Waals surface area contributed by atoms with E-state index in [1.807, 2.05) is 48.5 Å². The lowest BCUT2D eigenvalue weighted by Crippen LogP contribution is -2.29. The predicted octanol–water partition coefficient (Wildman–Crippen LogP) is 5.72. The highest BCUT2D eigenvalue weighted by molar-refractivity contribution is 6.28. The zero-order valence-electron chi connectivity index (χ0n) is 21.6. The Hall–Kier alpha value is -5.76. The maximum absolute atomic E-state index is 12.0. The molecule has 8 nitrogen and oxygen atoms in total. The summed E-state index contributed by atoms with van der Waals surface area (Å²) in [6.45, 7) is 0. The van der Waals surface area contributed by atoms with Crippen molar-refractivity contribution in [2.75, 3.05) is 9.80 Å². The molecule has 2 aliphatic rings. The second-order valence-electron chi connectivity index (χ2n) is 9.27. The molecule has 0 aliphatic carbocycles. The Morgan fingerprint density at radius 2 is 0.780 bits per heavy atom. The minimum atomic E-state index is -0.375. The molecule has 0 atom stereocenters. The Kier molecular flexibility index (Phi) is 6.71. The van der Waals surface area contributed by atoms with E-state index in [0.717, 1.165) is 20.9 Å². The molecule has 2 heterocycles. The molecule has 0 spiro atoms. The third kappa shape index (κ3) is 5.26. The molecular formula is C33H22N2O6. The number of anilines is 2. The number of imide groups is 2. The normalized spacial score (nSPS) is 14.3. The summed E-state index contributed by atoms with van der Waals surface area (Å²) in [5, 5.41) is 0. The fourth-order valence-corrected chi connectivity index (χ4v) is 4.59. The van der Waals surface area contributed by atoms with E-state index < -0.39 is 0 Å². The molecule has 8 heteroatoms. The van der Waals surface area contributed by atoms with E-state index in [1.54, 1.807) is 48.5 Å². The monoisotopic (exact) mass is 542 g/mol. The fourth-order valence-electron chi connectivity index (χ4n) is 4.59. The van der Waals surface area contributed by atoms with E-state index in [4.69, 9.17) is 9.47 Å². The van der Waals surface area contributed by atoms with Crippen LogP contribution in [0.3, 0.4) is 0 Å². The first kappa shape index (κ1) is 25.5. The summed E-state index contributed by atoms with van der Waals surface area (Å²) in [5.74, 6) is 0.928. The third-order valence-electron chi connectivity index (χ3n) is 6.59. The zero-order valence-corrected chi connectivity index (χ0v) is 21.6. The van der Waals surface area contributed by atoms with Gasteiger partial charge in [0.2, 0.25) is 0 Å². The van der Waals surface area contributed by atoms with Crippen molar-refractivity contribution in [2.24, 2.45) is 0 Å². The van der Waals surface area contributed by atoms with Crippen LogP contribution in [0.2, 0.25) is 0 Å². The van der Waals surface area contributed by atoms with Gasteiger partial charge in [-0.05, 0) is 71.8 Å². The largest absolute Gasteiger partial charge is 0.457 e. The predicted molar refractivity (Wildman–Crippen MR) is 152 cm³/mol. The molecule has 41 heavy (non-hydrogen) atoms. The number of nitrogens with zero attached hydrogens (tertiary/aromatic N) is 2. The molecule has 200 valence electrons. The van der Waals surface area contributed by atoms with Gasteiger partial charge < -0.3 is 9.47 Å². The van der Waals surface area contributed by atoms with Gasteiger partial charge in [-0.1, -0.05) is 36.4 Å². The number of hydrogen-bond donors (Lipinski definition) is 0. The number of carbonyl (C=O) groups is 4. The SMILES string of the molecule is O=C1C=CC(=O)N1c1ccc(Oc2ccccc2Cc2ccccc2Oc2ccc(N3C(=O)C=CC3=O)cc2)cc1. The first-order valence-corrected chi connectivity index (χ1v) is 12.8. The fraction of sp³-hybridized carbons (Fsp3) is 0.0303. The summed E-state index contributed by atoms with van der Waals surface area (Å²) in [7, 11) is 0. The van der Waals surface area contributed by atoms with Crippen molar-refractivity contribution in [3.8, 4) is 23.0 Å². The van der Waals surface area contributed by atoms with Crippen LogP contribution in [0.15, 0.2) is 121 Å². The molecule has 2 aliphatic heterocycles. The molecule has 0 aromatic heterocycles. The summed E-state index contributed by atoms with van der Waals surface area (Å²) in [4.78, 5) is 50.1. The molecule has 0 saturated carbocycles. The standard InChI is InChI=1S/C33H22N2O6/c36-30-17-18-31(37)34(30)24-9-13-26(14-10-24)40-28-7-3-1-5-22(28)21-23-6-2-4-8-29(23)41-27-15-11-25(12-16-27)35-32(38)19-20-33(35)39/h1-20H,21H2. The summed E-state index contributed by atoms with van der Waals surface area (Å²) >= 11 is 0. The van der Waals surface area contributed by atoms with Gasteiger partial charge in [0.25, 0.3) is 23.6 Å². The van der Waals surface area contributed by atoms with Crippen LogP contribution in [0, 0.1) is 0 Å². The molecule has 0 fully saturated rings. The molecule has 4 amide bonds. The highest BCUT2D eigenvalue weighted by atomic mass is 16.5. The van der Waals surface area contributed by atoms with Gasteiger partial charge in [0.1, 0.15) is 23.0 Å². The van der Waals surface area contributed by atoms with Gasteiger partial charge in [-0.2, -0.15) is 0 Å². The molecule has 4 aromatic carbocycles. The minimum Gasteiger partial charge on any atom is -0.457 e. The first-order valence-electron chi connectivity index (χ1n) is 12.8. The van der Waals surface area contributed by atoms with Gasteiger partial charge in [0, 0.05) is 30.7 Å². The maximum atomic E-state index is 12.0. The van der Waals surface area contributed by atoms with Crippen LogP contribution in [0.1, 0.15) is 11.1 Å². The molecule has 6 rings (SSSR count). The summed E-state index contributed by atoms with van der Waals surface area (Å²) in [5.41, 5.74) is 2.80. The van der Waals surface area contributed by atoms with Gasteiger partial charge in [0.05, 0.1) is 11.4 Å². The molecule has 0 radical (unpaired) electrons. The lowest BCUT2D eigenvalue weighted by Gasteiger charge is -2.16. The molecule has 0 bridgehead atoms. The van der Waals surface area contributed by atoms with Gasteiger partial charge in [0.15, 0.2) is 0 Å². The number of ether oxygens (including phenoxy) is 2. The Morgan fingerprint density at radius 1 is 0.439 bits per heavy atom. The van der Waals surface area contributed by atoms with Crippen molar-refractivity contribution >= 4 is 35.0 Å². The Balaban J connectivity index is 1.18. The van der Waals surface area contributed by atoms with Crippen LogP contribution in [0.5, 0.6) is 23.0 Å². The van der Waals surface area contributed by atoms with Crippen molar-refractivity contribution in [2.45, 2.75) is 6.42 Å². The average Bonchev–Trinajstić information content (AvgIpc) is 3.50. The number of hydrogen-bond acceptors (Lipinski definition) is 6. The molecular weight excluding hydrogens is 520 g/mol. The number of para-hydroxylation sites is 2. The molecule has 4 aromatic rings. The van der Waals surface area contributed by atoms with Crippen molar-refractivity contribution < 1.29 is 28.7 Å².